The summed E-state index contributed by atoms with van der Waals surface area (Å²) in [6.07, 6.45) is 0.754. The van der Waals surface area contributed by atoms with Gasteiger partial charge in [0.2, 0.25) is 0 Å². The predicted molar refractivity (Wildman–Crippen MR) is 67.8 cm³/mol. The van der Waals surface area contributed by atoms with Gasteiger partial charge in [0, 0.05) is 12.0 Å². The summed E-state index contributed by atoms with van der Waals surface area (Å²) in [4.78, 5) is 23.0. The molecule has 0 spiro atoms. The highest BCUT2D eigenvalue weighted by molar-refractivity contribution is 5.97. The molecule has 19 heavy (non-hydrogen) atoms. The fourth-order valence-electron chi connectivity index (χ4n) is 1.49. The van der Waals surface area contributed by atoms with Crippen molar-refractivity contribution in [2.24, 2.45) is 0 Å². The van der Waals surface area contributed by atoms with Gasteiger partial charge in [-0.1, -0.05) is 6.92 Å². The predicted octanol–water partition coefficient (Wildman–Crippen LogP) is 2.75. The van der Waals surface area contributed by atoms with Gasteiger partial charge in [-0.05, 0) is 24.6 Å². The molecule has 0 heterocycles. The van der Waals surface area contributed by atoms with E-state index in [2.05, 4.69) is 0 Å². The van der Waals surface area contributed by atoms with Gasteiger partial charge in [-0.3, -0.25) is 9.59 Å². The number of Topliss-reactive ketones (excluding diaryl/α,β-unsaturated/α-hetero) is 1. The summed E-state index contributed by atoms with van der Waals surface area (Å²) in [5.41, 5.74) is 0.224. The molecule has 5 heteroatoms. The van der Waals surface area contributed by atoms with E-state index in [-0.39, 0.29) is 29.9 Å². The number of halogens is 1. The minimum Gasteiger partial charge on any atom is -0.494 e. The third kappa shape index (κ3) is 4.69. The topological polar surface area (TPSA) is 52.6 Å². The third-order valence-electron chi connectivity index (χ3n) is 2.50. The Balaban J connectivity index is 2.54. The number of carbonyl (C=O) groups excluding carboxylic acids is 2. The molecule has 0 aliphatic rings. The average Bonchev–Trinajstić information content (AvgIpc) is 2.42. The van der Waals surface area contributed by atoms with Crippen molar-refractivity contribution in [3.8, 4) is 5.75 Å². The zero-order chi connectivity index (χ0) is 14.3. The molecule has 0 saturated carbocycles. The summed E-state index contributed by atoms with van der Waals surface area (Å²) in [5.74, 6) is -1.22. The number of ether oxygens (including phenoxy) is 2. The summed E-state index contributed by atoms with van der Waals surface area (Å²) < 4.78 is 23.0. The second-order valence-corrected chi connectivity index (χ2v) is 3.99. The zero-order valence-electron chi connectivity index (χ0n) is 11.1. The van der Waals surface area contributed by atoms with Crippen LogP contribution in [0.15, 0.2) is 18.2 Å². The molecule has 104 valence electrons. The van der Waals surface area contributed by atoms with E-state index >= 15 is 0 Å². The first kappa shape index (κ1) is 15.1. The number of carbonyl (C=O) groups is 2. The highest BCUT2D eigenvalue weighted by Gasteiger charge is 2.12. The minimum atomic E-state index is -0.595. The molecular formula is C14H17FO4. The van der Waals surface area contributed by atoms with Gasteiger partial charge in [-0.2, -0.15) is 0 Å². The van der Waals surface area contributed by atoms with Crippen LogP contribution in [0, 0.1) is 5.82 Å². The lowest BCUT2D eigenvalue weighted by atomic mass is 10.1. The van der Waals surface area contributed by atoms with E-state index in [1.165, 1.54) is 19.2 Å². The molecule has 0 aliphatic heterocycles. The molecule has 0 unspecified atom stereocenters. The van der Waals surface area contributed by atoms with E-state index < -0.39 is 11.8 Å². The molecule has 1 aromatic carbocycles. The van der Waals surface area contributed by atoms with Gasteiger partial charge in [0.15, 0.2) is 17.3 Å². The van der Waals surface area contributed by atoms with E-state index in [1.54, 1.807) is 0 Å². The van der Waals surface area contributed by atoms with Gasteiger partial charge in [-0.15, -0.1) is 0 Å². The monoisotopic (exact) mass is 268 g/mol. The number of hydrogen-bond donors (Lipinski definition) is 0. The van der Waals surface area contributed by atoms with E-state index in [0.29, 0.717) is 6.61 Å². The van der Waals surface area contributed by atoms with E-state index in [9.17, 15) is 14.0 Å². The fraction of sp³-hybridized carbons (Fsp3) is 0.429. The van der Waals surface area contributed by atoms with Crippen LogP contribution in [0.2, 0.25) is 0 Å². The normalized spacial score (nSPS) is 10.1. The van der Waals surface area contributed by atoms with Crippen molar-refractivity contribution < 1.29 is 23.5 Å². The smallest absolute Gasteiger partial charge is 0.306 e. The van der Waals surface area contributed by atoms with Crippen LogP contribution in [0.25, 0.3) is 0 Å². The fourth-order valence-corrected chi connectivity index (χ4v) is 1.49. The third-order valence-corrected chi connectivity index (χ3v) is 2.50. The molecule has 0 bridgehead atoms. The molecule has 0 saturated heterocycles. The van der Waals surface area contributed by atoms with Gasteiger partial charge in [0.1, 0.15) is 0 Å². The molecule has 1 rings (SSSR count). The average molecular weight is 268 g/mol. The SMILES string of the molecule is CCCOC(=O)CCC(=O)c1ccc(OC)c(F)c1. The van der Waals surface area contributed by atoms with Crippen LogP contribution in [-0.2, 0) is 9.53 Å². The van der Waals surface area contributed by atoms with E-state index in [4.69, 9.17) is 9.47 Å². The van der Waals surface area contributed by atoms with Gasteiger partial charge in [0.05, 0.1) is 20.1 Å². The summed E-state index contributed by atoms with van der Waals surface area (Å²) in [6, 6.07) is 3.97. The van der Waals surface area contributed by atoms with Gasteiger partial charge in [-0.25, -0.2) is 4.39 Å². The summed E-state index contributed by atoms with van der Waals surface area (Å²) in [7, 11) is 1.35. The maximum absolute atomic E-state index is 13.4. The van der Waals surface area contributed by atoms with Crippen molar-refractivity contribution in [1.82, 2.24) is 0 Å². The highest BCUT2D eigenvalue weighted by atomic mass is 19.1. The highest BCUT2D eigenvalue weighted by Crippen LogP contribution is 2.18. The maximum Gasteiger partial charge on any atom is 0.306 e. The summed E-state index contributed by atoms with van der Waals surface area (Å²) in [6.45, 7) is 2.24. The van der Waals surface area contributed by atoms with Gasteiger partial charge < -0.3 is 9.47 Å². The minimum absolute atomic E-state index is 0.00643. The van der Waals surface area contributed by atoms with Crippen LogP contribution >= 0.6 is 0 Å². The van der Waals surface area contributed by atoms with Crippen molar-refractivity contribution in [3.63, 3.8) is 0 Å². The van der Waals surface area contributed by atoms with Crippen LogP contribution in [0.4, 0.5) is 4.39 Å². The molecule has 0 aromatic heterocycles. The van der Waals surface area contributed by atoms with E-state index in [1.807, 2.05) is 6.92 Å². The molecule has 0 amide bonds. The molecular weight excluding hydrogens is 251 g/mol. The van der Waals surface area contributed by atoms with Crippen molar-refractivity contribution in [2.45, 2.75) is 26.2 Å². The lowest BCUT2D eigenvalue weighted by molar-refractivity contribution is -0.143. The molecule has 0 atom stereocenters. The Morgan fingerprint density at radius 3 is 2.58 bits per heavy atom. The largest absolute Gasteiger partial charge is 0.494 e. The maximum atomic E-state index is 13.4. The Kier molecular flexibility index (Phi) is 5.99. The van der Waals surface area contributed by atoms with Crippen molar-refractivity contribution in [2.75, 3.05) is 13.7 Å². The second kappa shape index (κ2) is 7.51. The number of rotatable bonds is 7. The number of esters is 1. The molecule has 1 aromatic rings. The van der Waals surface area contributed by atoms with Crippen molar-refractivity contribution >= 4 is 11.8 Å². The standard InChI is InChI=1S/C14H17FO4/c1-3-8-19-14(17)7-5-12(16)10-4-6-13(18-2)11(15)9-10/h4,6,9H,3,5,7-8H2,1-2H3. The number of methoxy groups -OCH3 is 1. The molecule has 4 nitrogen and oxygen atoms in total. The lowest BCUT2D eigenvalue weighted by Crippen LogP contribution is -2.09. The number of ketones is 1. The Labute approximate surface area is 111 Å². The Bertz CT molecular complexity index is 457. The summed E-state index contributed by atoms with van der Waals surface area (Å²) in [5, 5.41) is 0. The summed E-state index contributed by atoms with van der Waals surface area (Å²) >= 11 is 0. The van der Waals surface area contributed by atoms with Gasteiger partial charge >= 0.3 is 5.97 Å². The molecule has 0 aliphatic carbocycles. The van der Waals surface area contributed by atoms with Crippen molar-refractivity contribution in [3.05, 3.63) is 29.6 Å². The molecule has 0 radical (unpaired) electrons. The number of benzene rings is 1. The Hall–Kier alpha value is -1.91. The first-order chi connectivity index (χ1) is 9.08. The second-order valence-electron chi connectivity index (χ2n) is 3.99. The Morgan fingerprint density at radius 1 is 1.26 bits per heavy atom. The molecule has 0 fully saturated rings. The first-order valence-corrected chi connectivity index (χ1v) is 6.10. The van der Waals surface area contributed by atoms with E-state index in [0.717, 1.165) is 12.5 Å². The lowest BCUT2D eigenvalue weighted by Gasteiger charge is -2.05. The first-order valence-electron chi connectivity index (χ1n) is 6.10. The zero-order valence-corrected chi connectivity index (χ0v) is 11.1. The van der Waals surface area contributed by atoms with Crippen LogP contribution < -0.4 is 4.74 Å². The van der Waals surface area contributed by atoms with Gasteiger partial charge in [0.25, 0.3) is 0 Å². The van der Waals surface area contributed by atoms with Crippen molar-refractivity contribution in [1.29, 1.82) is 0 Å². The van der Waals surface area contributed by atoms with Crippen LogP contribution in [0.5, 0.6) is 5.75 Å². The van der Waals surface area contributed by atoms with Crippen LogP contribution in [0.1, 0.15) is 36.5 Å². The van der Waals surface area contributed by atoms with Crippen LogP contribution in [-0.4, -0.2) is 25.5 Å². The number of hydrogen-bond acceptors (Lipinski definition) is 4. The molecule has 0 N–H and O–H groups in total. The Morgan fingerprint density at radius 2 is 2.00 bits per heavy atom. The quantitative estimate of drug-likeness (QED) is 0.563. The van der Waals surface area contributed by atoms with Crippen LogP contribution in [0.3, 0.4) is 0 Å².